The van der Waals surface area contributed by atoms with Gasteiger partial charge in [0.1, 0.15) is 0 Å². The molecule has 0 aliphatic carbocycles. The van der Waals surface area contributed by atoms with E-state index < -0.39 is 20.0 Å². The van der Waals surface area contributed by atoms with Crippen molar-refractivity contribution in [3.05, 3.63) is 59.2 Å². The molecular formula is C18H24N2O4S2. The van der Waals surface area contributed by atoms with Crippen molar-refractivity contribution in [3.8, 4) is 0 Å². The van der Waals surface area contributed by atoms with Crippen LogP contribution in [0.4, 0.5) is 5.69 Å². The quantitative estimate of drug-likeness (QED) is 0.671. The number of aryl methyl sites for hydroxylation is 3. The zero-order valence-corrected chi connectivity index (χ0v) is 16.7. The van der Waals surface area contributed by atoms with Crippen molar-refractivity contribution < 1.29 is 16.8 Å². The molecule has 2 N–H and O–H groups in total. The molecule has 0 aliphatic rings. The van der Waals surface area contributed by atoms with Gasteiger partial charge in [0, 0.05) is 12.2 Å². The van der Waals surface area contributed by atoms with Crippen molar-refractivity contribution in [1.29, 1.82) is 0 Å². The van der Waals surface area contributed by atoms with Crippen molar-refractivity contribution in [3.63, 3.8) is 0 Å². The fourth-order valence-electron chi connectivity index (χ4n) is 2.63. The maximum absolute atomic E-state index is 12.4. The van der Waals surface area contributed by atoms with Crippen LogP contribution in [-0.4, -0.2) is 29.6 Å². The predicted molar refractivity (Wildman–Crippen MR) is 104 cm³/mol. The van der Waals surface area contributed by atoms with E-state index in [0.717, 1.165) is 22.9 Å². The summed E-state index contributed by atoms with van der Waals surface area (Å²) in [6, 6.07) is 12.3. The third-order valence-electron chi connectivity index (χ3n) is 3.81. The third-order valence-corrected chi connectivity index (χ3v) is 6.04. The summed E-state index contributed by atoms with van der Waals surface area (Å²) in [4.78, 5) is 0.305. The van der Waals surface area contributed by atoms with Gasteiger partial charge in [0.2, 0.25) is 20.0 Å². The molecule has 0 heterocycles. The van der Waals surface area contributed by atoms with E-state index in [1.807, 2.05) is 25.1 Å². The zero-order chi connectivity index (χ0) is 19.4. The van der Waals surface area contributed by atoms with Gasteiger partial charge in [0.15, 0.2) is 0 Å². The number of hydrogen-bond donors (Lipinski definition) is 2. The minimum Gasteiger partial charge on any atom is -0.284 e. The number of hydrogen-bond acceptors (Lipinski definition) is 4. The molecule has 2 aromatic carbocycles. The Hall–Kier alpha value is -1.90. The molecule has 0 fully saturated rings. The van der Waals surface area contributed by atoms with E-state index >= 15 is 0 Å². The Kier molecular flexibility index (Phi) is 6.44. The first kappa shape index (κ1) is 20.4. The Labute approximate surface area is 155 Å². The van der Waals surface area contributed by atoms with Gasteiger partial charge in [0.05, 0.1) is 11.2 Å². The van der Waals surface area contributed by atoms with E-state index in [2.05, 4.69) is 9.44 Å². The van der Waals surface area contributed by atoms with E-state index in [1.54, 1.807) is 31.2 Å². The lowest BCUT2D eigenvalue weighted by atomic mass is 10.1. The normalized spacial score (nSPS) is 12.1. The minimum atomic E-state index is -3.52. The zero-order valence-electron chi connectivity index (χ0n) is 15.1. The molecule has 26 heavy (non-hydrogen) atoms. The molecule has 0 bridgehead atoms. The fourth-order valence-corrected chi connectivity index (χ4v) is 4.49. The summed E-state index contributed by atoms with van der Waals surface area (Å²) in [7, 11) is -6.80. The molecule has 0 spiro atoms. The van der Waals surface area contributed by atoms with Gasteiger partial charge < -0.3 is 0 Å². The van der Waals surface area contributed by atoms with Crippen LogP contribution >= 0.6 is 0 Å². The molecule has 0 saturated carbocycles. The highest BCUT2D eigenvalue weighted by atomic mass is 32.2. The molecule has 6 nitrogen and oxygen atoms in total. The van der Waals surface area contributed by atoms with Crippen LogP contribution in [-0.2, 0) is 26.5 Å². The summed E-state index contributed by atoms with van der Waals surface area (Å²) in [6.07, 6.45) is 2.43. The van der Waals surface area contributed by atoms with Crippen LogP contribution in [0.15, 0.2) is 47.4 Å². The number of sulfonamides is 2. The van der Waals surface area contributed by atoms with E-state index in [-0.39, 0.29) is 0 Å². The smallest absolute Gasteiger partial charge is 0.240 e. The lowest BCUT2D eigenvalue weighted by molar-refractivity contribution is 0.578. The van der Waals surface area contributed by atoms with Crippen molar-refractivity contribution >= 4 is 25.7 Å². The average molecular weight is 397 g/mol. The summed E-state index contributed by atoms with van der Waals surface area (Å²) in [5.41, 5.74) is 3.27. The third kappa shape index (κ3) is 6.12. The minimum absolute atomic E-state index is 0.305. The molecule has 0 aromatic heterocycles. The second-order valence-electron chi connectivity index (χ2n) is 6.34. The summed E-state index contributed by atoms with van der Waals surface area (Å²) < 4.78 is 52.1. The molecule has 2 rings (SSSR count). The van der Waals surface area contributed by atoms with Crippen LogP contribution in [0.3, 0.4) is 0 Å². The van der Waals surface area contributed by atoms with E-state index in [9.17, 15) is 16.8 Å². The highest BCUT2D eigenvalue weighted by Crippen LogP contribution is 2.16. The number of rotatable bonds is 8. The molecule has 0 atom stereocenters. The van der Waals surface area contributed by atoms with Crippen LogP contribution in [0.1, 0.15) is 23.1 Å². The topological polar surface area (TPSA) is 92.3 Å². The Bertz CT molecular complexity index is 967. The standard InChI is InChI=1S/C18H24N2O4S2/c1-14-6-11-18(15(2)13-14)26(23,24)19-12-4-5-16-7-9-17(10-8-16)20-25(3,21)22/h6-11,13,19-20H,4-5,12H2,1-3H3. The van der Waals surface area contributed by atoms with E-state index in [4.69, 9.17) is 0 Å². The van der Waals surface area contributed by atoms with Gasteiger partial charge in [-0.3, -0.25) is 4.72 Å². The lowest BCUT2D eigenvalue weighted by Crippen LogP contribution is -2.25. The first-order valence-electron chi connectivity index (χ1n) is 8.20. The summed E-state index contributed by atoms with van der Waals surface area (Å²) in [5.74, 6) is 0. The summed E-state index contributed by atoms with van der Waals surface area (Å²) in [5, 5.41) is 0. The van der Waals surface area contributed by atoms with Crippen LogP contribution in [0.2, 0.25) is 0 Å². The summed E-state index contributed by atoms with van der Waals surface area (Å²) in [6.45, 7) is 4.04. The lowest BCUT2D eigenvalue weighted by Gasteiger charge is -2.10. The van der Waals surface area contributed by atoms with E-state index in [1.165, 1.54) is 0 Å². The van der Waals surface area contributed by atoms with Gasteiger partial charge in [-0.05, 0) is 56.0 Å². The van der Waals surface area contributed by atoms with Crippen molar-refractivity contribution in [2.75, 3.05) is 17.5 Å². The van der Waals surface area contributed by atoms with Crippen LogP contribution in [0.25, 0.3) is 0 Å². The van der Waals surface area contributed by atoms with Crippen molar-refractivity contribution in [1.82, 2.24) is 4.72 Å². The van der Waals surface area contributed by atoms with Crippen molar-refractivity contribution in [2.24, 2.45) is 0 Å². The van der Waals surface area contributed by atoms with Gasteiger partial charge >= 0.3 is 0 Å². The highest BCUT2D eigenvalue weighted by Gasteiger charge is 2.15. The second-order valence-corrected chi connectivity index (χ2v) is 9.83. The Morgan fingerprint density at radius 3 is 2.15 bits per heavy atom. The number of anilines is 1. The molecule has 8 heteroatoms. The molecule has 0 aliphatic heterocycles. The molecule has 0 saturated heterocycles. The maximum atomic E-state index is 12.4. The molecule has 2 aromatic rings. The number of nitrogens with one attached hydrogen (secondary N) is 2. The van der Waals surface area contributed by atoms with Gasteiger partial charge in [-0.15, -0.1) is 0 Å². The predicted octanol–water partition coefficient (Wildman–Crippen LogP) is 2.59. The average Bonchev–Trinajstić information content (AvgIpc) is 2.51. The van der Waals surface area contributed by atoms with Crippen molar-refractivity contribution in [2.45, 2.75) is 31.6 Å². The Balaban J connectivity index is 1.88. The van der Waals surface area contributed by atoms with Gasteiger partial charge in [-0.1, -0.05) is 29.8 Å². The fraction of sp³-hybridized carbons (Fsp3) is 0.333. The second kappa shape index (κ2) is 8.20. The van der Waals surface area contributed by atoms with Gasteiger partial charge in [-0.25, -0.2) is 21.6 Å². The van der Waals surface area contributed by atoms with Crippen LogP contribution < -0.4 is 9.44 Å². The van der Waals surface area contributed by atoms with Gasteiger partial charge in [0.25, 0.3) is 0 Å². The first-order chi connectivity index (χ1) is 12.1. The SMILES string of the molecule is Cc1ccc(S(=O)(=O)NCCCc2ccc(NS(C)(=O)=O)cc2)c(C)c1. The van der Waals surface area contributed by atoms with E-state index in [0.29, 0.717) is 30.0 Å². The molecule has 0 radical (unpaired) electrons. The first-order valence-corrected chi connectivity index (χ1v) is 11.6. The summed E-state index contributed by atoms with van der Waals surface area (Å²) >= 11 is 0. The molecular weight excluding hydrogens is 372 g/mol. The van der Waals surface area contributed by atoms with Crippen LogP contribution in [0.5, 0.6) is 0 Å². The monoisotopic (exact) mass is 396 g/mol. The Morgan fingerprint density at radius 2 is 1.58 bits per heavy atom. The molecule has 0 amide bonds. The highest BCUT2D eigenvalue weighted by molar-refractivity contribution is 7.92. The van der Waals surface area contributed by atoms with Crippen LogP contribution in [0, 0.1) is 13.8 Å². The van der Waals surface area contributed by atoms with Gasteiger partial charge in [-0.2, -0.15) is 0 Å². The molecule has 142 valence electrons. The number of benzene rings is 2. The largest absolute Gasteiger partial charge is 0.284 e. The Morgan fingerprint density at radius 1 is 0.923 bits per heavy atom. The molecule has 0 unspecified atom stereocenters. The maximum Gasteiger partial charge on any atom is 0.240 e.